The zero-order valence-corrected chi connectivity index (χ0v) is 18.3. The number of carbonyl (C=O) groups excluding carboxylic acids is 1. The number of aryl methyl sites for hydroxylation is 1. The molecule has 8 heteroatoms. The van der Waals surface area contributed by atoms with Crippen LogP contribution in [0.25, 0.3) is 11.2 Å². The third kappa shape index (κ3) is 7.04. The Kier molecular flexibility index (Phi) is 9.33. The maximum atomic E-state index is 11.8. The fraction of sp³-hybridized carbons (Fsp3) is 0.650. The van der Waals surface area contributed by atoms with Crippen LogP contribution in [0.2, 0.25) is 5.02 Å². The normalized spacial score (nSPS) is 18.8. The maximum absolute atomic E-state index is 11.8. The molecule has 2 heterocycles. The van der Waals surface area contributed by atoms with E-state index < -0.39 is 5.79 Å². The molecular formula is C20H32ClN3O4. The lowest BCUT2D eigenvalue weighted by atomic mass is 10.1. The highest BCUT2D eigenvalue weighted by molar-refractivity contribution is 6.34. The zero-order chi connectivity index (χ0) is 21.5. The predicted octanol–water partition coefficient (Wildman–Crippen LogP) is 4.03. The Morgan fingerprint density at radius 1 is 1.36 bits per heavy atom. The molecule has 158 valence electrons. The lowest BCUT2D eigenvalue weighted by molar-refractivity contribution is -0.147. The Balaban J connectivity index is 0.000000490. The summed E-state index contributed by atoms with van der Waals surface area (Å²) in [6.07, 6.45) is 4.34. The van der Waals surface area contributed by atoms with Gasteiger partial charge < -0.3 is 19.5 Å². The number of halogens is 1. The van der Waals surface area contributed by atoms with E-state index in [0.29, 0.717) is 11.6 Å². The molecule has 7 nitrogen and oxygen atoms in total. The van der Waals surface area contributed by atoms with Gasteiger partial charge in [0.25, 0.3) is 0 Å². The maximum Gasteiger partial charge on any atom is 0.308 e. The van der Waals surface area contributed by atoms with Crippen molar-refractivity contribution in [1.82, 2.24) is 14.5 Å². The molecule has 0 aliphatic heterocycles. The molecule has 1 fully saturated rings. The van der Waals surface area contributed by atoms with Crippen LogP contribution in [0.4, 0.5) is 0 Å². The average Bonchev–Trinajstić information content (AvgIpc) is 3.22. The number of nitrogens with zero attached hydrogens (tertiary/aromatic N) is 3. The number of imidazole rings is 1. The van der Waals surface area contributed by atoms with Crippen LogP contribution in [-0.2, 0) is 9.53 Å². The van der Waals surface area contributed by atoms with Gasteiger partial charge in [-0.2, -0.15) is 0 Å². The Hall–Kier alpha value is -1.70. The summed E-state index contributed by atoms with van der Waals surface area (Å²) in [5, 5.41) is 16.8. The third-order valence-electron chi connectivity index (χ3n) is 4.03. The Morgan fingerprint density at radius 3 is 2.54 bits per heavy atom. The summed E-state index contributed by atoms with van der Waals surface area (Å²) in [6, 6.07) is 2.05. The standard InChI is InChI=1S/C15H18ClN3O2.C3H8O2.C2H6/c1-3-21-15(20)10-4-5-11(7-10)19-8-17-13-12(16)6-9(2)18-14(13)19;1-3(2,4)5;1-2/h6,8,10-11H,3-5,7H2,1-2H3;4-5H,1-2H3;1-2H3. The van der Waals surface area contributed by atoms with E-state index in [1.54, 1.807) is 6.33 Å². The number of hydrogen-bond donors (Lipinski definition) is 2. The molecule has 0 radical (unpaired) electrons. The number of pyridine rings is 1. The summed E-state index contributed by atoms with van der Waals surface area (Å²) in [5.74, 6) is -1.61. The van der Waals surface area contributed by atoms with Crippen molar-refractivity contribution in [2.24, 2.45) is 5.92 Å². The van der Waals surface area contributed by atoms with Crippen molar-refractivity contribution >= 4 is 28.7 Å². The van der Waals surface area contributed by atoms with Gasteiger partial charge in [0.15, 0.2) is 11.4 Å². The van der Waals surface area contributed by atoms with E-state index in [0.717, 1.165) is 36.1 Å². The van der Waals surface area contributed by atoms with E-state index >= 15 is 0 Å². The van der Waals surface area contributed by atoms with E-state index in [2.05, 4.69) is 9.97 Å². The van der Waals surface area contributed by atoms with E-state index in [1.165, 1.54) is 13.8 Å². The molecule has 1 saturated carbocycles. The molecule has 3 rings (SSSR count). The van der Waals surface area contributed by atoms with E-state index in [4.69, 9.17) is 26.6 Å². The number of fused-ring (bicyclic) bond motifs is 1. The summed E-state index contributed by atoms with van der Waals surface area (Å²) < 4.78 is 7.17. The average molecular weight is 414 g/mol. The number of ether oxygens (including phenoxy) is 1. The molecule has 2 aromatic rings. The smallest absolute Gasteiger partial charge is 0.308 e. The summed E-state index contributed by atoms with van der Waals surface area (Å²) in [4.78, 5) is 20.8. The summed E-state index contributed by atoms with van der Waals surface area (Å²) >= 11 is 6.21. The molecule has 2 atom stereocenters. The van der Waals surface area contributed by atoms with Gasteiger partial charge >= 0.3 is 5.97 Å². The molecule has 0 saturated heterocycles. The van der Waals surface area contributed by atoms with Crippen LogP contribution in [0.1, 0.15) is 65.6 Å². The molecule has 2 aromatic heterocycles. The van der Waals surface area contributed by atoms with Crippen LogP contribution in [0.5, 0.6) is 0 Å². The van der Waals surface area contributed by atoms with Gasteiger partial charge in [0.05, 0.1) is 23.9 Å². The highest BCUT2D eigenvalue weighted by Crippen LogP contribution is 2.37. The fourth-order valence-corrected chi connectivity index (χ4v) is 3.33. The Bertz CT molecular complexity index is 765. The van der Waals surface area contributed by atoms with Crippen molar-refractivity contribution in [1.29, 1.82) is 0 Å². The second-order valence-corrected chi connectivity index (χ2v) is 7.39. The molecule has 0 amide bonds. The van der Waals surface area contributed by atoms with Crippen molar-refractivity contribution < 1.29 is 19.7 Å². The minimum absolute atomic E-state index is 0.0207. The highest BCUT2D eigenvalue weighted by Gasteiger charge is 2.32. The molecule has 2 unspecified atom stereocenters. The SMILES string of the molecule is CC.CC(C)(O)O.CCOC(=O)C1CCC(n2cnc3c(Cl)cc(C)nc32)C1. The van der Waals surface area contributed by atoms with E-state index in [9.17, 15) is 4.79 Å². The molecule has 1 aliphatic rings. The first kappa shape index (κ1) is 24.3. The van der Waals surface area contributed by atoms with Crippen LogP contribution in [0.15, 0.2) is 12.4 Å². The first-order chi connectivity index (χ1) is 13.1. The van der Waals surface area contributed by atoms with Gasteiger partial charge in [0.1, 0.15) is 5.52 Å². The first-order valence-corrected chi connectivity index (χ1v) is 10.1. The van der Waals surface area contributed by atoms with Gasteiger partial charge in [-0.3, -0.25) is 4.79 Å². The Labute approximate surface area is 171 Å². The number of hydrogen-bond acceptors (Lipinski definition) is 6. The van der Waals surface area contributed by atoms with Gasteiger partial charge in [0.2, 0.25) is 0 Å². The monoisotopic (exact) mass is 413 g/mol. The van der Waals surface area contributed by atoms with Gasteiger partial charge in [-0.05, 0) is 53.0 Å². The number of aromatic nitrogens is 3. The fourth-order valence-electron chi connectivity index (χ4n) is 3.04. The van der Waals surface area contributed by atoms with Gasteiger partial charge in [-0.25, -0.2) is 9.97 Å². The van der Waals surface area contributed by atoms with Crippen LogP contribution in [-0.4, -0.2) is 43.1 Å². The third-order valence-corrected chi connectivity index (χ3v) is 4.32. The number of esters is 1. The largest absolute Gasteiger partial charge is 0.466 e. The van der Waals surface area contributed by atoms with Gasteiger partial charge in [0, 0.05) is 11.7 Å². The van der Waals surface area contributed by atoms with Crippen molar-refractivity contribution in [2.45, 2.75) is 72.6 Å². The second kappa shape index (κ2) is 10.7. The van der Waals surface area contributed by atoms with Crippen LogP contribution >= 0.6 is 11.6 Å². The van der Waals surface area contributed by atoms with Crippen molar-refractivity contribution in [2.75, 3.05) is 6.61 Å². The molecule has 2 N–H and O–H groups in total. The van der Waals surface area contributed by atoms with Crippen molar-refractivity contribution in [3.05, 3.63) is 23.1 Å². The lowest BCUT2D eigenvalue weighted by Crippen LogP contribution is -2.15. The number of carbonyl (C=O) groups is 1. The quantitative estimate of drug-likeness (QED) is 0.582. The van der Waals surface area contributed by atoms with Crippen molar-refractivity contribution in [3.63, 3.8) is 0 Å². The molecule has 28 heavy (non-hydrogen) atoms. The second-order valence-electron chi connectivity index (χ2n) is 6.98. The Morgan fingerprint density at radius 2 is 1.96 bits per heavy atom. The minimum Gasteiger partial charge on any atom is -0.466 e. The summed E-state index contributed by atoms with van der Waals surface area (Å²) in [6.45, 7) is 10.8. The predicted molar refractivity (Wildman–Crippen MR) is 110 cm³/mol. The number of rotatable bonds is 3. The minimum atomic E-state index is -1.50. The van der Waals surface area contributed by atoms with Crippen LogP contribution in [0.3, 0.4) is 0 Å². The molecule has 0 aromatic carbocycles. The first-order valence-electron chi connectivity index (χ1n) is 9.71. The lowest BCUT2D eigenvalue weighted by Gasteiger charge is -2.13. The topological polar surface area (TPSA) is 97.5 Å². The molecule has 0 spiro atoms. The van der Waals surface area contributed by atoms with Crippen LogP contribution < -0.4 is 0 Å². The van der Waals surface area contributed by atoms with Crippen LogP contribution in [0, 0.1) is 12.8 Å². The molecule has 0 bridgehead atoms. The van der Waals surface area contributed by atoms with Gasteiger partial charge in [-0.1, -0.05) is 25.4 Å². The van der Waals surface area contributed by atoms with E-state index in [1.807, 2.05) is 38.3 Å². The summed E-state index contributed by atoms with van der Waals surface area (Å²) in [7, 11) is 0. The number of aliphatic hydroxyl groups is 2. The molecule has 1 aliphatic carbocycles. The summed E-state index contributed by atoms with van der Waals surface area (Å²) in [5.41, 5.74) is 2.39. The van der Waals surface area contributed by atoms with E-state index in [-0.39, 0.29) is 17.9 Å². The highest BCUT2D eigenvalue weighted by atomic mass is 35.5. The zero-order valence-electron chi connectivity index (χ0n) is 17.6. The van der Waals surface area contributed by atoms with Gasteiger partial charge in [-0.15, -0.1) is 0 Å². The molecular weight excluding hydrogens is 382 g/mol. The van der Waals surface area contributed by atoms with Crippen molar-refractivity contribution in [3.8, 4) is 0 Å².